The maximum Gasteiger partial charge on any atom is 0.329 e. The van der Waals surface area contributed by atoms with Crippen molar-refractivity contribution in [3.63, 3.8) is 0 Å². The summed E-state index contributed by atoms with van der Waals surface area (Å²) in [6, 6.07) is 1.67. The maximum absolute atomic E-state index is 11.5. The highest BCUT2D eigenvalue weighted by Crippen LogP contribution is 2.34. The van der Waals surface area contributed by atoms with Gasteiger partial charge in [0.15, 0.2) is 0 Å². The molecule has 1 aliphatic carbocycles. The lowest BCUT2D eigenvalue weighted by Gasteiger charge is -2.27. The predicted octanol–water partition coefficient (Wildman–Crippen LogP) is 1.30. The van der Waals surface area contributed by atoms with Crippen molar-refractivity contribution in [1.29, 1.82) is 0 Å². The second-order valence-electron chi connectivity index (χ2n) is 4.94. The summed E-state index contributed by atoms with van der Waals surface area (Å²) in [6.45, 7) is 1.75. The number of rotatable bonds is 4. The van der Waals surface area contributed by atoms with Gasteiger partial charge in [-0.15, -0.1) is 0 Å². The van der Waals surface area contributed by atoms with Gasteiger partial charge in [-0.2, -0.15) is 0 Å². The van der Waals surface area contributed by atoms with E-state index in [-0.39, 0.29) is 11.4 Å². The van der Waals surface area contributed by atoms with Crippen LogP contribution in [-0.2, 0) is 4.79 Å². The highest BCUT2D eigenvalue weighted by Gasteiger charge is 2.42. The number of aromatic nitrogens is 1. The molecule has 1 amide bonds. The van der Waals surface area contributed by atoms with Gasteiger partial charge in [0.1, 0.15) is 11.4 Å². The van der Waals surface area contributed by atoms with Gasteiger partial charge in [0.05, 0.1) is 5.56 Å². The van der Waals surface area contributed by atoms with Crippen molar-refractivity contribution in [3.8, 4) is 0 Å². The molecular weight excluding hydrogens is 246 g/mol. The number of amides is 1. The third-order valence-corrected chi connectivity index (χ3v) is 3.63. The average Bonchev–Trinajstić information content (AvgIpc) is 2.78. The molecule has 1 heterocycles. The molecule has 1 saturated carbocycles. The van der Waals surface area contributed by atoms with Crippen molar-refractivity contribution in [3.05, 3.63) is 23.4 Å². The number of primary amides is 1. The van der Waals surface area contributed by atoms with Crippen LogP contribution in [0.5, 0.6) is 0 Å². The normalized spacial score (nSPS) is 17.1. The zero-order valence-corrected chi connectivity index (χ0v) is 10.8. The first kappa shape index (κ1) is 13.3. The molecule has 1 fully saturated rings. The van der Waals surface area contributed by atoms with Crippen LogP contribution >= 0.6 is 0 Å². The van der Waals surface area contributed by atoms with Crippen LogP contribution in [0.1, 0.15) is 41.6 Å². The molecule has 19 heavy (non-hydrogen) atoms. The molecule has 2 rings (SSSR count). The van der Waals surface area contributed by atoms with E-state index in [0.29, 0.717) is 18.4 Å². The van der Waals surface area contributed by atoms with Crippen molar-refractivity contribution in [1.82, 2.24) is 4.98 Å². The second-order valence-corrected chi connectivity index (χ2v) is 4.94. The van der Waals surface area contributed by atoms with Crippen LogP contribution in [0.25, 0.3) is 0 Å². The number of aliphatic carboxylic acids is 1. The second kappa shape index (κ2) is 4.87. The number of aryl methyl sites for hydroxylation is 1. The van der Waals surface area contributed by atoms with E-state index in [4.69, 9.17) is 5.73 Å². The molecule has 0 saturated heterocycles. The first-order valence-electron chi connectivity index (χ1n) is 6.23. The molecule has 0 atom stereocenters. The first-order valence-corrected chi connectivity index (χ1v) is 6.23. The largest absolute Gasteiger partial charge is 0.480 e. The highest BCUT2D eigenvalue weighted by molar-refractivity contribution is 5.99. The molecular formula is C13H17N3O3. The predicted molar refractivity (Wildman–Crippen MR) is 69.9 cm³/mol. The van der Waals surface area contributed by atoms with Gasteiger partial charge in [-0.3, -0.25) is 4.79 Å². The molecule has 0 bridgehead atoms. The lowest BCUT2D eigenvalue weighted by Crippen LogP contribution is -2.44. The minimum absolute atomic E-state index is 0.259. The topological polar surface area (TPSA) is 105 Å². The van der Waals surface area contributed by atoms with E-state index in [1.54, 1.807) is 13.0 Å². The third kappa shape index (κ3) is 2.38. The van der Waals surface area contributed by atoms with E-state index in [2.05, 4.69) is 10.3 Å². The molecule has 102 valence electrons. The summed E-state index contributed by atoms with van der Waals surface area (Å²) < 4.78 is 0. The first-order chi connectivity index (χ1) is 8.96. The van der Waals surface area contributed by atoms with Crippen molar-refractivity contribution >= 4 is 17.7 Å². The fourth-order valence-electron chi connectivity index (χ4n) is 2.56. The monoisotopic (exact) mass is 263 g/mol. The van der Waals surface area contributed by atoms with Crippen LogP contribution < -0.4 is 11.1 Å². The number of carbonyl (C=O) groups is 2. The maximum atomic E-state index is 11.5. The molecule has 4 N–H and O–H groups in total. The van der Waals surface area contributed by atoms with Crippen LogP contribution in [0.2, 0.25) is 0 Å². The Balaban J connectivity index is 2.40. The SMILES string of the molecule is Cc1ccnc(NC2(C(=O)O)CCCC2)c1C(N)=O. The Labute approximate surface area is 111 Å². The van der Waals surface area contributed by atoms with E-state index in [9.17, 15) is 14.7 Å². The van der Waals surface area contributed by atoms with Crippen LogP contribution in [0, 0.1) is 6.92 Å². The third-order valence-electron chi connectivity index (χ3n) is 3.63. The quantitative estimate of drug-likeness (QED) is 0.759. The van der Waals surface area contributed by atoms with Crippen LogP contribution in [0.3, 0.4) is 0 Å². The summed E-state index contributed by atoms with van der Waals surface area (Å²) in [5.74, 6) is -1.26. The van der Waals surface area contributed by atoms with Crippen molar-refractivity contribution in [2.45, 2.75) is 38.1 Å². The van der Waals surface area contributed by atoms with E-state index >= 15 is 0 Å². The lowest BCUT2D eigenvalue weighted by molar-refractivity contribution is -0.142. The Bertz CT molecular complexity index is 522. The molecule has 6 nitrogen and oxygen atoms in total. The number of hydrogen-bond donors (Lipinski definition) is 3. The van der Waals surface area contributed by atoms with Crippen molar-refractivity contribution in [2.24, 2.45) is 5.73 Å². The van der Waals surface area contributed by atoms with Gasteiger partial charge in [-0.1, -0.05) is 12.8 Å². The van der Waals surface area contributed by atoms with Crippen LogP contribution in [-0.4, -0.2) is 27.5 Å². The van der Waals surface area contributed by atoms with Crippen molar-refractivity contribution in [2.75, 3.05) is 5.32 Å². The highest BCUT2D eigenvalue weighted by atomic mass is 16.4. The van der Waals surface area contributed by atoms with Crippen molar-refractivity contribution < 1.29 is 14.7 Å². The average molecular weight is 263 g/mol. The van der Waals surface area contributed by atoms with Gasteiger partial charge in [0.25, 0.3) is 5.91 Å². The number of pyridine rings is 1. The lowest BCUT2D eigenvalue weighted by atomic mass is 9.97. The number of carboxylic acid groups (broad SMARTS) is 1. The minimum atomic E-state index is -1.04. The van der Waals surface area contributed by atoms with Gasteiger partial charge >= 0.3 is 5.97 Å². The Hall–Kier alpha value is -2.11. The summed E-state index contributed by atoms with van der Waals surface area (Å²) in [7, 11) is 0. The van der Waals surface area contributed by atoms with Crippen LogP contribution in [0.15, 0.2) is 12.3 Å². The molecule has 1 aromatic rings. The molecule has 0 aromatic carbocycles. The number of nitrogens with two attached hydrogens (primary N) is 1. The Morgan fingerprint density at radius 1 is 1.42 bits per heavy atom. The number of carbonyl (C=O) groups excluding carboxylic acids is 1. The number of anilines is 1. The Morgan fingerprint density at radius 2 is 2.05 bits per heavy atom. The van der Waals surface area contributed by atoms with Gasteiger partial charge in [0.2, 0.25) is 0 Å². The number of nitrogens with one attached hydrogen (secondary N) is 1. The van der Waals surface area contributed by atoms with Gasteiger partial charge in [-0.25, -0.2) is 9.78 Å². The van der Waals surface area contributed by atoms with E-state index < -0.39 is 17.4 Å². The number of hydrogen-bond acceptors (Lipinski definition) is 4. The molecule has 0 aliphatic heterocycles. The van der Waals surface area contributed by atoms with E-state index in [1.807, 2.05) is 0 Å². The fourth-order valence-corrected chi connectivity index (χ4v) is 2.56. The Morgan fingerprint density at radius 3 is 2.58 bits per heavy atom. The van der Waals surface area contributed by atoms with E-state index in [0.717, 1.165) is 12.8 Å². The Kier molecular flexibility index (Phi) is 3.42. The molecule has 1 aromatic heterocycles. The van der Waals surface area contributed by atoms with Crippen LogP contribution in [0.4, 0.5) is 5.82 Å². The zero-order chi connectivity index (χ0) is 14.0. The fraction of sp³-hybridized carbons (Fsp3) is 0.462. The summed E-state index contributed by atoms with van der Waals surface area (Å²) in [5.41, 5.74) is 5.25. The number of carboxylic acids is 1. The summed E-state index contributed by atoms with van der Waals surface area (Å²) in [5, 5.41) is 12.4. The number of nitrogens with zero attached hydrogens (tertiary/aromatic N) is 1. The summed E-state index contributed by atoms with van der Waals surface area (Å²) in [6.07, 6.45) is 4.27. The molecule has 0 radical (unpaired) electrons. The van der Waals surface area contributed by atoms with Gasteiger partial charge < -0.3 is 16.2 Å². The van der Waals surface area contributed by atoms with E-state index in [1.165, 1.54) is 6.20 Å². The molecule has 0 spiro atoms. The van der Waals surface area contributed by atoms with Gasteiger partial charge in [0, 0.05) is 6.20 Å². The molecule has 6 heteroatoms. The summed E-state index contributed by atoms with van der Waals surface area (Å²) in [4.78, 5) is 27.0. The standard InChI is InChI=1S/C13H17N3O3/c1-8-4-7-15-11(9(8)10(14)17)16-13(12(18)19)5-2-3-6-13/h4,7H,2-3,5-6H2,1H3,(H2,14,17)(H,15,16)(H,18,19). The van der Waals surface area contributed by atoms with Gasteiger partial charge in [-0.05, 0) is 31.4 Å². The molecule has 1 aliphatic rings. The smallest absolute Gasteiger partial charge is 0.329 e. The zero-order valence-electron chi connectivity index (χ0n) is 10.8. The summed E-state index contributed by atoms with van der Waals surface area (Å²) >= 11 is 0. The molecule has 0 unspecified atom stereocenters. The minimum Gasteiger partial charge on any atom is -0.480 e.